The molecule has 1 rings (SSSR count). The highest BCUT2D eigenvalue weighted by atomic mass is 32.2. The van der Waals surface area contributed by atoms with E-state index >= 15 is 0 Å². The summed E-state index contributed by atoms with van der Waals surface area (Å²) in [5.41, 5.74) is 0. The summed E-state index contributed by atoms with van der Waals surface area (Å²) in [4.78, 5) is 4.07. The number of aromatic nitrogens is 2. The Bertz CT molecular complexity index is 265. The van der Waals surface area contributed by atoms with E-state index in [1.165, 1.54) is 25.0 Å². The van der Waals surface area contributed by atoms with E-state index in [1.54, 1.807) is 0 Å². The van der Waals surface area contributed by atoms with Crippen molar-refractivity contribution in [2.45, 2.75) is 32.6 Å². The number of aryl methyl sites for hydroxylation is 1. The minimum atomic E-state index is 0.539. The van der Waals surface area contributed by atoms with Crippen LogP contribution in [-0.2, 0) is 0 Å². The van der Waals surface area contributed by atoms with Crippen LogP contribution in [0, 0.1) is 6.92 Å². The number of anilines is 1. The summed E-state index contributed by atoms with van der Waals surface area (Å²) in [5, 5.41) is 6.82. The van der Waals surface area contributed by atoms with Crippen LogP contribution in [0.1, 0.15) is 31.5 Å². The van der Waals surface area contributed by atoms with Crippen LogP contribution in [0.15, 0.2) is 4.52 Å². The van der Waals surface area contributed by atoms with Crippen LogP contribution in [-0.4, -0.2) is 28.7 Å². The average Bonchev–Trinajstić information content (AvgIpc) is 2.63. The van der Waals surface area contributed by atoms with Gasteiger partial charge in [0.1, 0.15) is 0 Å². The fourth-order valence-electron chi connectivity index (χ4n) is 1.29. The van der Waals surface area contributed by atoms with Crippen molar-refractivity contribution in [2.75, 3.05) is 23.9 Å². The number of hydrogen-bond acceptors (Lipinski definition) is 5. The van der Waals surface area contributed by atoms with E-state index in [4.69, 9.17) is 4.52 Å². The van der Waals surface area contributed by atoms with E-state index in [-0.39, 0.29) is 0 Å². The monoisotopic (exact) mass is 229 g/mol. The van der Waals surface area contributed by atoms with Gasteiger partial charge in [-0.3, -0.25) is 0 Å². The van der Waals surface area contributed by atoms with E-state index in [9.17, 15) is 0 Å². The van der Waals surface area contributed by atoms with Crippen molar-refractivity contribution in [3.05, 3.63) is 5.82 Å². The molecule has 0 amide bonds. The first kappa shape index (κ1) is 12.4. The SMILES string of the molecule is CSCCCCCCNc1nc(C)no1. The maximum absolute atomic E-state index is 4.93. The highest BCUT2D eigenvalue weighted by Crippen LogP contribution is 2.06. The van der Waals surface area contributed by atoms with Gasteiger partial charge in [0.2, 0.25) is 0 Å². The van der Waals surface area contributed by atoms with E-state index in [0.717, 1.165) is 13.0 Å². The third-order valence-corrected chi connectivity index (χ3v) is 2.78. The Hall–Kier alpha value is -0.710. The second-order valence-electron chi connectivity index (χ2n) is 3.48. The Morgan fingerprint density at radius 2 is 2.07 bits per heavy atom. The van der Waals surface area contributed by atoms with Gasteiger partial charge >= 0.3 is 6.01 Å². The first-order chi connectivity index (χ1) is 7.33. The van der Waals surface area contributed by atoms with Crippen LogP contribution in [0.25, 0.3) is 0 Å². The number of rotatable bonds is 8. The fourth-order valence-corrected chi connectivity index (χ4v) is 1.78. The van der Waals surface area contributed by atoms with Crippen molar-refractivity contribution < 1.29 is 4.52 Å². The molecule has 1 aromatic heterocycles. The largest absolute Gasteiger partial charge is 0.338 e. The van der Waals surface area contributed by atoms with Crippen LogP contribution in [0.3, 0.4) is 0 Å². The molecule has 15 heavy (non-hydrogen) atoms. The van der Waals surface area contributed by atoms with Gasteiger partial charge in [0, 0.05) is 6.54 Å². The van der Waals surface area contributed by atoms with Gasteiger partial charge in [0.15, 0.2) is 5.82 Å². The molecule has 0 saturated heterocycles. The predicted octanol–water partition coefficient (Wildman–Crippen LogP) is 2.71. The van der Waals surface area contributed by atoms with Gasteiger partial charge in [0.05, 0.1) is 0 Å². The van der Waals surface area contributed by atoms with Crippen molar-refractivity contribution in [1.29, 1.82) is 0 Å². The van der Waals surface area contributed by atoms with Crippen molar-refractivity contribution in [1.82, 2.24) is 10.1 Å². The average molecular weight is 229 g/mol. The van der Waals surface area contributed by atoms with E-state index in [2.05, 4.69) is 21.7 Å². The third-order valence-electron chi connectivity index (χ3n) is 2.08. The molecule has 0 bridgehead atoms. The standard InChI is InChI=1S/C10H19N3OS/c1-9-12-10(14-13-9)11-7-5-3-4-6-8-15-2/h3-8H2,1-2H3,(H,11,12,13). The first-order valence-corrected chi connectivity index (χ1v) is 6.75. The third kappa shape index (κ3) is 5.67. The maximum Gasteiger partial charge on any atom is 0.321 e. The lowest BCUT2D eigenvalue weighted by Crippen LogP contribution is -2.01. The molecule has 1 N–H and O–H groups in total. The molecule has 86 valence electrons. The molecule has 1 aromatic rings. The normalized spacial score (nSPS) is 10.5. The number of hydrogen-bond donors (Lipinski definition) is 1. The Morgan fingerprint density at radius 3 is 2.73 bits per heavy atom. The second-order valence-corrected chi connectivity index (χ2v) is 4.47. The maximum atomic E-state index is 4.93. The molecule has 0 aliphatic heterocycles. The van der Waals surface area contributed by atoms with Gasteiger partial charge in [-0.15, -0.1) is 0 Å². The zero-order chi connectivity index (χ0) is 10.9. The first-order valence-electron chi connectivity index (χ1n) is 5.36. The molecule has 5 heteroatoms. The lowest BCUT2D eigenvalue weighted by atomic mass is 10.2. The molecule has 0 unspecified atom stereocenters. The summed E-state index contributed by atoms with van der Waals surface area (Å²) in [6.07, 6.45) is 7.21. The summed E-state index contributed by atoms with van der Waals surface area (Å²) in [6.45, 7) is 2.73. The molecule has 0 aliphatic carbocycles. The van der Waals surface area contributed by atoms with E-state index in [0.29, 0.717) is 11.8 Å². The summed E-state index contributed by atoms with van der Waals surface area (Å²) >= 11 is 1.92. The molecular formula is C10H19N3OS. The molecule has 0 radical (unpaired) electrons. The molecule has 0 spiro atoms. The Morgan fingerprint density at radius 1 is 1.27 bits per heavy atom. The van der Waals surface area contributed by atoms with Crippen molar-refractivity contribution in [2.24, 2.45) is 0 Å². The zero-order valence-corrected chi connectivity index (χ0v) is 10.3. The molecule has 0 aliphatic rings. The fraction of sp³-hybridized carbons (Fsp3) is 0.800. The molecule has 0 aromatic carbocycles. The molecule has 4 nitrogen and oxygen atoms in total. The summed E-state index contributed by atoms with van der Waals surface area (Å²) in [6, 6.07) is 0.539. The molecule has 0 fully saturated rings. The Balaban J connectivity index is 1.93. The predicted molar refractivity (Wildman–Crippen MR) is 64.4 cm³/mol. The smallest absolute Gasteiger partial charge is 0.321 e. The topological polar surface area (TPSA) is 51.0 Å². The highest BCUT2D eigenvalue weighted by molar-refractivity contribution is 7.98. The zero-order valence-electron chi connectivity index (χ0n) is 9.45. The van der Waals surface area contributed by atoms with Gasteiger partial charge in [-0.1, -0.05) is 18.0 Å². The van der Waals surface area contributed by atoms with Gasteiger partial charge in [-0.2, -0.15) is 16.7 Å². The van der Waals surface area contributed by atoms with E-state index in [1.807, 2.05) is 18.7 Å². The van der Waals surface area contributed by atoms with E-state index < -0.39 is 0 Å². The molecular weight excluding hydrogens is 210 g/mol. The minimum absolute atomic E-state index is 0.539. The second kappa shape index (κ2) is 7.56. The van der Waals surface area contributed by atoms with Crippen LogP contribution in [0.2, 0.25) is 0 Å². The Labute approximate surface area is 95.2 Å². The van der Waals surface area contributed by atoms with Crippen molar-refractivity contribution in [3.63, 3.8) is 0 Å². The van der Waals surface area contributed by atoms with Crippen LogP contribution < -0.4 is 5.32 Å². The lowest BCUT2D eigenvalue weighted by Gasteiger charge is -2.00. The molecule has 0 atom stereocenters. The van der Waals surface area contributed by atoms with Gasteiger partial charge in [0.25, 0.3) is 0 Å². The number of unbranched alkanes of at least 4 members (excludes halogenated alkanes) is 3. The Kier molecular flexibility index (Phi) is 6.23. The van der Waals surface area contributed by atoms with Crippen molar-refractivity contribution >= 4 is 17.8 Å². The summed E-state index contributed by atoms with van der Waals surface area (Å²) in [5.74, 6) is 1.95. The van der Waals surface area contributed by atoms with Gasteiger partial charge in [-0.25, -0.2) is 0 Å². The summed E-state index contributed by atoms with van der Waals surface area (Å²) < 4.78 is 4.93. The number of thioether (sulfide) groups is 1. The van der Waals surface area contributed by atoms with Crippen LogP contribution >= 0.6 is 11.8 Å². The van der Waals surface area contributed by atoms with Crippen LogP contribution in [0.4, 0.5) is 6.01 Å². The molecule has 0 saturated carbocycles. The minimum Gasteiger partial charge on any atom is -0.338 e. The van der Waals surface area contributed by atoms with Gasteiger partial charge in [-0.05, 0) is 31.8 Å². The quantitative estimate of drug-likeness (QED) is 0.695. The number of nitrogens with one attached hydrogen (secondary N) is 1. The lowest BCUT2D eigenvalue weighted by molar-refractivity contribution is 0.425. The summed E-state index contributed by atoms with van der Waals surface area (Å²) in [7, 11) is 0. The molecule has 1 heterocycles. The van der Waals surface area contributed by atoms with Crippen LogP contribution in [0.5, 0.6) is 0 Å². The van der Waals surface area contributed by atoms with Gasteiger partial charge < -0.3 is 9.84 Å². The highest BCUT2D eigenvalue weighted by Gasteiger charge is 1.99. The number of nitrogens with zero attached hydrogens (tertiary/aromatic N) is 2. The van der Waals surface area contributed by atoms with Crippen molar-refractivity contribution in [3.8, 4) is 0 Å².